The van der Waals surface area contributed by atoms with Gasteiger partial charge < -0.3 is 4.74 Å². The number of halogens is 1. The first kappa shape index (κ1) is 11.9. The van der Waals surface area contributed by atoms with Crippen molar-refractivity contribution in [2.24, 2.45) is 0 Å². The topological polar surface area (TPSA) is 22.1 Å². The van der Waals surface area contributed by atoms with Gasteiger partial charge in [-0.3, -0.25) is 0 Å². The predicted octanol–water partition coefficient (Wildman–Crippen LogP) is 3.96. The number of nitrogens with zero attached hydrogens (tertiary/aromatic N) is 1. The van der Waals surface area contributed by atoms with Gasteiger partial charge in [0.2, 0.25) is 5.88 Å². The fourth-order valence-electron chi connectivity index (χ4n) is 1.59. The Morgan fingerprint density at radius 2 is 1.94 bits per heavy atom. The number of alkyl halides is 1. The first-order valence-corrected chi connectivity index (χ1v) is 6.06. The summed E-state index contributed by atoms with van der Waals surface area (Å²) >= 11 is 5.84. The molecule has 0 saturated heterocycles. The minimum Gasteiger partial charge on any atom is -0.470 e. The standard InChI is InChI=1S/C14H14ClNO/c1-11(12-6-3-2-4-7-12)17-14-13(10-15)8-5-9-16-14/h2-9,11H,10H2,1H3. The number of hydrogen-bond donors (Lipinski definition) is 0. The van der Waals surface area contributed by atoms with Crippen molar-refractivity contribution in [2.75, 3.05) is 0 Å². The molecule has 1 atom stereocenters. The number of rotatable bonds is 4. The van der Waals surface area contributed by atoms with Crippen LogP contribution in [0.2, 0.25) is 0 Å². The predicted molar refractivity (Wildman–Crippen MR) is 69.3 cm³/mol. The Hall–Kier alpha value is -1.54. The van der Waals surface area contributed by atoms with Gasteiger partial charge in [0.05, 0.1) is 5.88 Å². The zero-order chi connectivity index (χ0) is 12.1. The minimum atomic E-state index is -0.0342. The molecule has 0 aliphatic rings. The van der Waals surface area contributed by atoms with Gasteiger partial charge in [0, 0.05) is 11.8 Å². The van der Waals surface area contributed by atoms with Crippen molar-refractivity contribution in [3.05, 3.63) is 59.8 Å². The van der Waals surface area contributed by atoms with Crippen LogP contribution in [-0.4, -0.2) is 4.98 Å². The van der Waals surface area contributed by atoms with Crippen molar-refractivity contribution in [1.29, 1.82) is 0 Å². The molecule has 2 aromatic rings. The second-order valence-corrected chi connectivity index (χ2v) is 4.04. The third-order valence-electron chi connectivity index (χ3n) is 2.55. The van der Waals surface area contributed by atoms with E-state index in [1.807, 2.05) is 49.4 Å². The lowest BCUT2D eigenvalue weighted by atomic mass is 10.1. The molecule has 3 heteroatoms. The molecular formula is C14H14ClNO. The summed E-state index contributed by atoms with van der Waals surface area (Å²) in [6.45, 7) is 2.00. The maximum Gasteiger partial charge on any atom is 0.218 e. The molecule has 2 nitrogen and oxygen atoms in total. The van der Waals surface area contributed by atoms with E-state index in [1.165, 1.54) is 0 Å². The number of pyridine rings is 1. The molecule has 0 N–H and O–H groups in total. The van der Waals surface area contributed by atoms with Crippen LogP contribution in [0.4, 0.5) is 0 Å². The lowest BCUT2D eigenvalue weighted by Gasteiger charge is -2.15. The van der Waals surface area contributed by atoms with E-state index < -0.39 is 0 Å². The van der Waals surface area contributed by atoms with Crippen molar-refractivity contribution >= 4 is 11.6 Å². The van der Waals surface area contributed by atoms with E-state index in [9.17, 15) is 0 Å². The van der Waals surface area contributed by atoms with Crippen LogP contribution in [-0.2, 0) is 5.88 Å². The van der Waals surface area contributed by atoms with E-state index in [4.69, 9.17) is 16.3 Å². The molecule has 0 saturated carbocycles. The molecular weight excluding hydrogens is 234 g/mol. The zero-order valence-corrected chi connectivity index (χ0v) is 10.4. The summed E-state index contributed by atoms with van der Waals surface area (Å²) in [5.74, 6) is 1.02. The summed E-state index contributed by atoms with van der Waals surface area (Å²) in [4.78, 5) is 4.21. The molecule has 0 aliphatic heterocycles. The highest BCUT2D eigenvalue weighted by molar-refractivity contribution is 6.17. The highest BCUT2D eigenvalue weighted by Gasteiger charge is 2.10. The molecule has 88 valence electrons. The third-order valence-corrected chi connectivity index (χ3v) is 2.84. The Bertz CT molecular complexity index is 473. The van der Waals surface area contributed by atoms with Gasteiger partial charge in [0.25, 0.3) is 0 Å². The fraction of sp³-hybridized carbons (Fsp3) is 0.214. The summed E-state index contributed by atoms with van der Waals surface area (Å²) in [5, 5.41) is 0. The normalized spacial score (nSPS) is 12.1. The fourth-order valence-corrected chi connectivity index (χ4v) is 1.79. The highest BCUT2D eigenvalue weighted by atomic mass is 35.5. The van der Waals surface area contributed by atoms with Gasteiger partial charge in [-0.15, -0.1) is 11.6 Å². The van der Waals surface area contributed by atoms with E-state index in [0.717, 1.165) is 11.1 Å². The molecule has 1 unspecified atom stereocenters. The van der Waals surface area contributed by atoms with Crippen LogP contribution < -0.4 is 4.74 Å². The van der Waals surface area contributed by atoms with E-state index in [2.05, 4.69) is 4.98 Å². The van der Waals surface area contributed by atoms with Gasteiger partial charge in [-0.05, 0) is 18.6 Å². The minimum absolute atomic E-state index is 0.0342. The largest absolute Gasteiger partial charge is 0.470 e. The van der Waals surface area contributed by atoms with Gasteiger partial charge in [0.1, 0.15) is 6.10 Å². The maximum atomic E-state index is 5.84. The third kappa shape index (κ3) is 2.98. The van der Waals surface area contributed by atoms with Crippen LogP contribution in [0.5, 0.6) is 5.88 Å². The number of aromatic nitrogens is 1. The van der Waals surface area contributed by atoms with Crippen molar-refractivity contribution in [3.8, 4) is 5.88 Å². The van der Waals surface area contributed by atoms with Gasteiger partial charge >= 0.3 is 0 Å². The van der Waals surface area contributed by atoms with Crippen molar-refractivity contribution in [1.82, 2.24) is 4.98 Å². The molecule has 17 heavy (non-hydrogen) atoms. The van der Waals surface area contributed by atoms with Crippen LogP contribution in [0.1, 0.15) is 24.2 Å². The summed E-state index contributed by atoms with van der Waals surface area (Å²) in [5.41, 5.74) is 2.04. The zero-order valence-electron chi connectivity index (χ0n) is 9.64. The van der Waals surface area contributed by atoms with E-state index in [-0.39, 0.29) is 6.10 Å². The lowest BCUT2D eigenvalue weighted by Crippen LogP contribution is -2.05. The Balaban J connectivity index is 2.16. The van der Waals surface area contributed by atoms with Crippen LogP contribution >= 0.6 is 11.6 Å². The van der Waals surface area contributed by atoms with Crippen molar-refractivity contribution < 1.29 is 4.74 Å². The first-order chi connectivity index (χ1) is 8.31. The summed E-state index contributed by atoms with van der Waals surface area (Å²) in [6.07, 6.45) is 1.68. The van der Waals surface area contributed by atoms with E-state index in [1.54, 1.807) is 6.20 Å². The Morgan fingerprint density at radius 1 is 1.18 bits per heavy atom. The summed E-state index contributed by atoms with van der Waals surface area (Å²) in [6, 6.07) is 13.8. The first-order valence-electron chi connectivity index (χ1n) is 5.52. The summed E-state index contributed by atoms with van der Waals surface area (Å²) < 4.78 is 5.83. The van der Waals surface area contributed by atoms with E-state index >= 15 is 0 Å². The smallest absolute Gasteiger partial charge is 0.218 e. The molecule has 0 fully saturated rings. The van der Waals surface area contributed by atoms with Crippen LogP contribution in [0, 0.1) is 0 Å². The number of hydrogen-bond acceptors (Lipinski definition) is 2. The average molecular weight is 248 g/mol. The van der Waals surface area contributed by atoms with Crippen LogP contribution in [0.15, 0.2) is 48.7 Å². The second kappa shape index (κ2) is 5.69. The van der Waals surface area contributed by atoms with Crippen LogP contribution in [0.3, 0.4) is 0 Å². The molecule has 2 rings (SSSR count). The van der Waals surface area contributed by atoms with Gasteiger partial charge in [0.15, 0.2) is 0 Å². The van der Waals surface area contributed by atoms with Gasteiger partial charge in [-0.2, -0.15) is 0 Å². The molecule has 1 aromatic carbocycles. The quantitative estimate of drug-likeness (QED) is 0.763. The Morgan fingerprint density at radius 3 is 2.65 bits per heavy atom. The molecule has 1 aromatic heterocycles. The summed E-state index contributed by atoms with van der Waals surface area (Å²) in [7, 11) is 0. The second-order valence-electron chi connectivity index (χ2n) is 3.77. The maximum absolute atomic E-state index is 5.84. The monoisotopic (exact) mass is 247 g/mol. The molecule has 0 aliphatic carbocycles. The molecule has 0 spiro atoms. The molecule has 0 bridgehead atoms. The molecule has 0 amide bonds. The average Bonchev–Trinajstić information content (AvgIpc) is 2.40. The number of ether oxygens (including phenoxy) is 1. The van der Waals surface area contributed by atoms with E-state index in [0.29, 0.717) is 11.8 Å². The highest BCUT2D eigenvalue weighted by Crippen LogP contribution is 2.23. The SMILES string of the molecule is CC(Oc1ncccc1CCl)c1ccccc1. The van der Waals surface area contributed by atoms with Gasteiger partial charge in [-0.1, -0.05) is 36.4 Å². The Kier molecular flexibility index (Phi) is 3.99. The molecule has 0 radical (unpaired) electrons. The van der Waals surface area contributed by atoms with Crippen molar-refractivity contribution in [3.63, 3.8) is 0 Å². The van der Waals surface area contributed by atoms with Crippen molar-refractivity contribution in [2.45, 2.75) is 18.9 Å². The number of benzene rings is 1. The van der Waals surface area contributed by atoms with Crippen LogP contribution in [0.25, 0.3) is 0 Å². The Labute approximate surface area is 106 Å². The lowest BCUT2D eigenvalue weighted by molar-refractivity contribution is 0.215. The van der Waals surface area contributed by atoms with Gasteiger partial charge in [-0.25, -0.2) is 4.98 Å². The molecule has 1 heterocycles.